The number of ether oxygens (including phenoxy) is 1. The number of fused-ring (bicyclic) bond motifs is 1. The van der Waals surface area contributed by atoms with Gasteiger partial charge in [-0.1, -0.05) is 66.7 Å². The topological polar surface area (TPSA) is 145 Å². The molecule has 1 aliphatic heterocycles. The predicted octanol–water partition coefficient (Wildman–Crippen LogP) is 5.56. The number of nitrogens with one attached hydrogen (secondary N) is 2. The number of Topliss-reactive ketones (excluding diaryl/α,β-unsaturated/α-hetero) is 1. The number of carbonyl (C=O) groups is 5. The second kappa shape index (κ2) is 13.8. The number of anilines is 3. The quantitative estimate of drug-likeness (QED) is 0.219. The number of aryl methyl sites for hydroxylation is 2. The molecule has 234 valence electrons. The number of amides is 4. The van der Waals surface area contributed by atoms with Gasteiger partial charge in [-0.3, -0.25) is 14.5 Å². The lowest BCUT2D eigenvalue weighted by Crippen LogP contribution is -2.54. The van der Waals surface area contributed by atoms with E-state index in [-0.39, 0.29) is 36.7 Å². The molecule has 4 aromatic rings. The minimum absolute atomic E-state index is 0.0285. The number of urea groups is 1. The third kappa shape index (κ3) is 7.21. The van der Waals surface area contributed by atoms with Gasteiger partial charge in [-0.25, -0.2) is 14.4 Å². The van der Waals surface area contributed by atoms with Crippen LogP contribution in [0.4, 0.5) is 26.7 Å². The molecule has 0 aromatic heterocycles. The zero-order valence-electron chi connectivity index (χ0n) is 25.2. The van der Waals surface area contributed by atoms with Crippen molar-refractivity contribution < 1.29 is 33.8 Å². The molecule has 0 saturated carbocycles. The Bertz CT molecular complexity index is 1810. The highest BCUT2D eigenvalue weighted by Crippen LogP contribution is 2.35. The van der Waals surface area contributed by atoms with Crippen LogP contribution in [-0.2, 0) is 16.1 Å². The normalized spacial score (nSPS) is 14.1. The molecule has 1 unspecified atom stereocenters. The van der Waals surface area contributed by atoms with Crippen molar-refractivity contribution in [3.8, 4) is 0 Å². The van der Waals surface area contributed by atoms with Gasteiger partial charge < -0.3 is 25.4 Å². The summed E-state index contributed by atoms with van der Waals surface area (Å²) in [7, 11) is 0. The lowest BCUT2D eigenvalue weighted by Gasteiger charge is -2.25. The Morgan fingerprint density at radius 1 is 0.870 bits per heavy atom. The summed E-state index contributed by atoms with van der Waals surface area (Å²) in [5, 5.41) is 14.5. The number of nitrogens with zero attached hydrogens (tertiary/aromatic N) is 2. The van der Waals surface area contributed by atoms with E-state index in [0.29, 0.717) is 16.9 Å². The summed E-state index contributed by atoms with van der Waals surface area (Å²) in [5.74, 6) is -2.12. The van der Waals surface area contributed by atoms with Crippen molar-refractivity contribution in [3.63, 3.8) is 0 Å². The number of ketones is 1. The molecule has 1 aliphatic rings. The van der Waals surface area contributed by atoms with Gasteiger partial charge in [-0.2, -0.15) is 0 Å². The van der Waals surface area contributed by atoms with E-state index >= 15 is 0 Å². The van der Waals surface area contributed by atoms with Crippen molar-refractivity contribution >= 4 is 46.8 Å². The molecule has 0 saturated heterocycles. The molecule has 0 bridgehead atoms. The Labute approximate surface area is 265 Å². The summed E-state index contributed by atoms with van der Waals surface area (Å²) in [4.78, 5) is 68.6. The van der Waals surface area contributed by atoms with Crippen LogP contribution in [0.2, 0.25) is 0 Å². The molecule has 11 nitrogen and oxygen atoms in total. The molecule has 0 spiro atoms. The molecule has 1 heterocycles. The summed E-state index contributed by atoms with van der Waals surface area (Å²) in [5.41, 5.74) is 3.49. The molecule has 3 N–H and O–H groups in total. The Kier molecular flexibility index (Phi) is 9.41. The van der Waals surface area contributed by atoms with E-state index in [4.69, 9.17) is 4.74 Å². The fraction of sp³-hybridized carbons (Fsp3) is 0.171. The Morgan fingerprint density at radius 2 is 1.61 bits per heavy atom. The van der Waals surface area contributed by atoms with Crippen molar-refractivity contribution in [1.29, 1.82) is 0 Å². The first-order valence-corrected chi connectivity index (χ1v) is 14.5. The van der Waals surface area contributed by atoms with Crippen LogP contribution >= 0.6 is 0 Å². The lowest BCUT2D eigenvalue weighted by molar-refractivity contribution is -0.120. The van der Waals surface area contributed by atoms with E-state index in [1.807, 2.05) is 43.3 Å². The Balaban J connectivity index is 1.49. The molecule has 1 atom stereocenters. The minimum atomic E-state index is -1.32. The molecule has 5 rings (SSSR count). The average molecular weight is 621 g/mol. The summed E-state index contributed by atoms with van der Waals surface area (Å²) < 4.78 is 5.64. The van der Waals surface area contributed by atoms with Crippen LogP contribution in [0.5, 0.6) is 0 Å². The van der Waals surface area contributed by atoms with Gasteiger partial charge in [0.05, 0.1) is 30.0 Å². The molecule has 4 aromatic carbocycles. The van der Waals surface area contributed by atoms with Crippen LogP contribution in [-0.4, -0.2) is 54.0 Å². The van der Waals surface area contributed by atoms with Crippen LogP contribution in [0.15, 0.2) is 97.1 Å². The first kappa shape index (κ1) is 31.5. The molecule has 0 radical (unpaired) electrons. The van der Waals surface area contributed by atoms with Crippen molar-refractivity contribution in [1.82, 2.24) is 5.32 Å². The number of carboxylic acid groups (broad SMARTS) is 1. The van der Waals surface area contributed by atoms with Gasteiger partial charge in [0.15, 0.2) is 5.78 Å². The van der Waals surface area contributed by atoms with Crippen LogP contribution < -0.4 is 20.4 Å². The summed E-state index contributed by atoms with van der Waals surface area (Å²) in [6, 6.07) is 24.8. The van der Waals surface area contributed by atoms with Gasteiger partial charge in [-0.05, 0) is 60.9 Å². The van der Waals surface area contributed by atoms with Gasteiger partial charge in [0.25, 0.3) is 5.91 Å². The third-order valence-electron chi connectivity index (χ3n) is 7.49. The Hall–Kier alpha value is -5.97. The van der Waals surface area contributed by atoms with Crippen LogP contribution in [0, 0.1) is 13.8 Å². The smallest absolute Gasteiger partial charge is 0.414 e. The fourth-order valence-electron chi connectivity index (χ4n) is 5.15. The second-order valence-electron chi connectivity index (χ2n) is 10.8. The number of aromatic carboxylic acids is 1. The van der Waals surface area contributed by atoms with E-state index in [0.717, 1.165) is 16.7 Å². The molecule has 4 amide bonds. The van der Waals surface area contributed by atoms with Crippen LogP contribution in [0.25, 0.3) is 0 Å². The zero-order chi connectivity index (χ0) is 32.8. The van der Waals surface area contributed by atoms with Crippen molar-refractivity contribution in [2.45, 2.75) is 26.5 Å². The fourth-order valence-corrected chi connectivity index (χ4v) is 5.15. The molecule has 11 heteroatoms. The number of rotatable bonds is 8. The monoisotopic (exact) mass is 620 g/mol. The van der Waals surface area contributed by atoms with E-state index in [2.05, 4.69) is 10.6 Å². The maximum atomic E-state index is 14.2. The summed E-state index contributed by atoms with van der Waals surface area (Å²) in [6.45, 7) is 2.94. The van der Waals surface area contributed by atoms with E-state index in [1.54, 1.807) is 43.3 Å². The van der Waals surface area contributed by atoms with Gasteiger partial charge in [-0.15, -0.1) is 0 Å². The highest BCUT2D eigenvalue weighted by atomic mass is 16.6. The number of hydrogen-bond donors (Lipinski definition) is 3. The van der Waals surface area contributed by atoms with Crippen LogP contribution in [0.3, 0.4) is 0 Å². The highest BCUT2D eigenvalue weighted by molar-refractivity contribution is 6.12. The van der Waals surface area contributed by atoms with Gasteiger partial charge >= 0.3 is 18.1 Å². The van der Waals surface area contributed by atoms with E-state index in [9.17, 15) is 29.1 Å². The van der Waals surface area contributed by atoms with Crippen molar-refractivity contribution in [3.05, 3.63) is 125 Å². The third-order valence-corrected chi connectivity index (χ3v) is 7.49. The van der Waals surface area contributed by atoms with E-state index in [1.165, 1.54) is 34.1 Å². The highest BCUT2D eigenvalue weighted by Gasteiger charge is 2.38. The number of carbonyl (C=O) groups excluding carboxylic acids is 4. The van der Waals surface area contributed by atoms with Gasteiger partial charge in [0.1, 0.15) is 12.6 Å². The molecular weight excluding hydrogens is 588 g/mol. The van der Waals surface area contributed by atoms with Gasteiger partial charge in [0, 0.05) is 11.3 Å². The molecule has 0 fully saturated rings. The number of carboxylic acids is 1. The summed E-state index contributed by atoms with van der Waals surface area (Å²) in [6.07, 6.45) is -0.754. The van der Waals surface area contributed by atoms with Crippen molar-refractivity contribution in [2.24, 2.45) is 0 Å². The first-order valence-electron chi connectivity index (χ1n) is 14.5. The molecule has 0 aliphatic carbocycles. The standard InChI is InChI=1S/C35H32N4O7/c1-22-15-16-29-30(17-22)38(20-31(40)27-14-7-6-9-23(27)2)32(41)28(19-39(29)35(45)46-21-24-10-4-3-5-11-24)37-34(44)36-26-13-8-12-25(18-26)33(42)43/h3-18,28H,19-21H2,1-2H3,(H,42,43)(H2,36,37,44). The predicted molar refractivity (Wildman–Crippen MR) is 172 cm³/mol. The first-order chi connectivity index (χ1) is 22.1. The van der Waals surface area contributed by atoms with Crippen molar-refractivity contribution in [2.75, 3.05) is 28.2 Å². The maximum Gasteiger partial charge on any atom is 0.414 e. The van der Waals surface area contributed by atoms with Crippen LogP contribution in [0.1, 0.15) is 37.4 Å². The largest absolute Gasteiger partial charge is 0.478 e. The Morgan fingerprint density at radius 3 is 2.35 bits per heavy atom. The number of benzene rings is 4. The van der Waals surface area contributed by atoms with Gasteiger partial charge in [0.2, 0.25) is 0 Å². The number of hydrogen-bond acceptors (Lipinski definition) is 6. The lowest BCUT2D eigenvalue weighted by atomic mass is 10.0. The SMILES string of the molecule is Cc1ccc2c(c1)N(CC(=O)c1ccccc1C)C(=O)C(NC(=O)Nc1cccc(C(=O)O)c1)CN2C(=O)OCc1ccccc1. The van der Waals surface area contributed by atoms with E-state index < -0.39 is 30.0 Å². The summed E-state index contributed by atoms with van der Waals surface area (Å²) >= 11 is 0. The molecular formula is C35H32N4O7. The zero-order valence-corrected chi connectivity index (χ0v) is 25.2. The average Bonchev–Trinajstić information content (AvgIpc) is 3.14. The minimum Gasteiger partial charge on any atom is -0.478 e. The maximum absolute atomic E-state index is 14.2. The molecule has 46 heavy (non-hydrogen) atoms. The second-order valence-corrected chi connectivity index (χ2v) is 10.8.